The Balaban J connectivity index is 2.64. The predicted molar refractivity (Wildman–Crippen MR) is 66.6 cm³/mol. The Morgan fingerprint density at radius 3 is 2.82 bits per heavy atom. The molecule has 0 aliphatic carbocycles. The van der Waals surface area contributed by atoms with E-state index in [1.807, 2.05) is 13.8 Å². The quantitative estimate of drug-likeness (QED) is 0.734. The summed E-state index contributed by atoms with van der Waals surface area (Å²) in [4.78, 5) is 25.6. The maximum Gasteiger partial charge on any atom is 0.245 e. The molecule has 0 spiro atoms. The minimum Gasteiger partial charge on any atom is -0.352 e. The van der Waals surface area contributed by atoms with Crippen LogP contribution < -0.4 is 10.6 Å². The van der Waals surface area contributed by atoms with Gasteiger partial charge in [-0.1, -0.05) is 6.92 Å². The number of hydrogen-bond acceptors (Lipinski definition) is 3. The maximum absolute atomic E-state index is 12.2. The average molecular weight is 241 g/mol. The zero-order valence-corrected chi connectivity index (χ0v) is 11.2. The highest BCUT2D eigenvalue weighted by molar-refractivity contribution is 5.91. The molecule has 0 aromatic rings. The Hall–Kier alpha value is -1.10. The Bertz CT molecular complexity index is 302. The van der Waals surface area contributed by atoms with Gasteiger partial charge in [0.25, 0.3) is 0 Å². The van der Waals surface area contributed by atoms with Crippen LogP contribution in [0.2, 0.25) is 0 Å². The molecule has 5 nitrogen and oxygen atoms in total. The Kier molecular flexibility index (Phi) is 4.51. The molecule has 0 radical (unpaired) electrons. The molecule has 2 amide bonds. The van der Waals surface area contributed by atoms with Crippen LogP contribution in [0.15, 0.2) is 0 Å². The van der Waals surface area contributed by atoms with Crippen LogP contribution in [0, 0.1) is 0 Å². The summed E-state index contributed by atoms with van der Waals surface area (Å²) in [6.07, 6.45) is 0.435. The van der Waals surface area contributed by atoms with Crippen molar-refractivity contribution in [3.8, 4) is 0 Å². The van der Waals surface area contributed by atoms with Gasteiger partial charge in [-0.15, -0.1) is 0 Å². The summed E-state index contributed by atoms with van der Waals surface area (Å²) in [7, 11) is 0. The number of carbonyl (C=O) groups is 2. The van der Waals surface area contributed by atoms with Gasteiger partial charge >= 0.3 is 0 Å². The van der Waals surface area contributed by atoms with E-state index < -0.39 is 5.54 Å². The number of amides is 2. The fourth-order valence-electron chi connectivity index (χ4n) is 2.13. The van der Waals surface area contributed by atoms with Crippen molar-refractivity contribution >= 4 is 11.8 Å². The van der Waals surface area contributed by atoms with Crippen LogP contribution in [0.1, 0.15) is 34.1 Å². The molecule has 0 saturated carbocycles. The molecule has 98 valence electrons. The van der Waals surface area contributed by atoms with E-state index >= 15 is 0 Å². The lowest BCUT2D eigenvalue weighted by Crippen LogP contribution is -2.63. The zero-order chi connectivity index (χ0) is 13.1. The maximum atomic E-state index is 12.2. The molecule has 0 bridgehead atoms. The summed E-state index contributed by atoms with van der Waals surface area (Å²) in [5.41, 5.74) is -0.735. The van der Waals surface area contributed by atoms with Gasteiger partial charge in [-0.25, -0.2) is 0 Å². The summed E-state index contributed by atoms with van der Waals surface area (Å²) < 4.78 is 0. The summed E-state index contributed by atoms with van der Waals surface area (Å²) in [5.74, 6) is -0.0356. The minimum absolute atomic E-state index is 0.0401. The topological polar surface area (TPSA) is 61.4 Å². The van der Waals surface area contributed by atoms with Crippen LogP contribution >= 0.6 is 0 Å². The van der Waals surface area contributed by atoms with Gasteiger partial charge in [0.1, 0.15) is 5.54 Å². The molecule has 0 aromatic heterocycles. The largest absolute Gasteiger partial charge is 0.352 e. The highest BCUT2D eigenvalue weighted by Crippen LogP contribution is 2.19. The monoisotopic (exact) mass is 241 g/mol. The van der Waals surface area contributed by atoms with E-state index in [0.717, 1.165) is 6.54 Å². The van der Waals surface area contributed by atoms with Crippen LogP contribution in [-0.4, -0.2) is 47.9 Å². The van der Waals surface area contributed by atoms with Crippen molar-refractivity contribution in [2.75, 3.05) is 19.6 Å². The zero-order valence-electron chi connectivity index (χ0n) is 11.2. The van der Waals surface area contributed by atoms with E-state index in [1.54, 1.807) is 18.7 Å². The molecule has 1 aliphatic heterocycles. The Labute approximate surface area is 103 Å². The molecule has 1 saturated heterocycles. The number of piperazine rings is 1. The first-order valence-corrected chi connectivity index (χ1v) is 6.21. The van der Waals surface area contributed by atoms with Gasteiger partial charge in [-0.05, 0) is 27.3 Å². The number of rotatable bonds is 4. The fraction of sp³-hybridized carbons (Fsp3) is 0.833. The second kappa shape index (κ2) is 5.49. The van der Waals surface area contributed by atoms with Crippen LogP contribution in [0.4, 0.5) is 0 Å². The highest BCUT2D eigenvalue weighted by Gasteiger charge is 2.40. The van der Waals surface area contributed by atoms with E-state index in [4.69, 9.17) is 0 Å². The van der Waals surface area contributed by atoms with Gasteiger partial charge in [0.05, 0.1) is 0 Å². The first kappa shape index (κ1) is 14.0. The SMILES string of the molecule is CCNC(C)CC(=O)N1CCNC(=O)C1(C)C. The van der Waals surface area contributed by atoms with Crippen LogP contribution in [0.3, 0.4) is 0 Å². The van der Waals surface area contributed by atoms with Gasteiger partial charge in [0.2, 0.25) is 11.8 Å². The summed E-state index contributed by atoms with van der Waals surface area (Å²) in [6.45, 7) is 9.56. The first-order chi connectivity index (χ1) is 7.89. The average Bonchev–Trinajstić information content (AvgIpc) is 2.22. The third kappa shape index (κ3) is 3.19. The molecule has 1 fully saturated rings. The van der Waals surface area contributed by atoms with Gasteiger partial charge in [0.15, 0.2) is 0 Å². The first-order valence-electron chi connectivity index (χ1n) is 6.21. The van der Waals surface area contributed by atoms with Crippen molar-refractivity contribution in [3.05, 3.63) is 0 Å². The van der Waals surface area contributed by atoms with Crippen molar-refractivity contribution in [1.82, 2.24) is 15.5 Å². The molecule has 0 aromatic carbocycles. The van der Waals surface area contributed by atoms with E-state index in [1.165, 1.54) is 0 Å². The molecule has 2 N–H and O–H groups in total. The van der Waals surface area contributed by atoms with Crippen molar-refractivity contribution in [2.24, 2.45) is 0 Å². The third-order valence-electron chi connectivity index (χ3n) is 3.19. The van der Waals surface area contributed by atoms with E-state index in [9.17, 15) is 9.59 Å². The molecule has 1 heterocycles. The summed E-state index contributed by atoms with van der Waals surface area (Å²) in [5, 5.41) is 5.99. The number of hydrogen-bond donors (Lipinski definition) is 2. The van der Waals surface area contributed by atoms with E-state index in [0.29, 0.717) is 19.5 Å². The lowest BCUT2D eigenvalue weighted by Gasteiger charge is -2.41. The molecule has 5 heteroatoms. The molecule has 17 heavy (non-hydrogen) atoms. The normalized spacial score (nSPS) is 20.9. The smallest absolute Gasteiger partial charge is 0.245 e. The third-order valence-corrected chi connectivity index (χ3v) is 3.19. The lowest BCUT2D eigenvalue weighted by molar-refractivity contribution is -0.149. The van der Waals surface area contributed by atoms with Crippen molar-refractivity contribution in [1.29, 1.82) is 0 Å². The second-order valence-corrected chi connectivity index (χ2v) is 5.02. The van der Waals surface area contributed by atoms with E-state index in [2.05, 4.69) is 10.6 Å². The standard InChI is InChI=1S/C12H23N3O2/c1-5-13-9(2)8-10(16)15-7-6-14-11(17)12(15,3)4/h9,13H,5-8H2,1-4H3,(H,14,17). The molecular formula is C12H23N3O2. The summed E-state index contributed by atoms with van der Waals surface area (Å²) >= 11 is 0. The molecule has 1 atom stereocenters. The van der Waals surface area contributed by atoms with Crippen molar-refractivity contribution in [2.45, 2.75) is 45.7 Å². The molecule has 1 rings (SSSR count). The number of nitrogens with zero attached hydrogens (tertiary/aromatic N) is 1. The molecule has 1 unspecified atom stereocenters. The van der Waals surface area contributed by atoms with Crippen LogP contribution in [0.25, 0.3) is 0 Å². The number of nitrogens with one attached hydrogen (secondary N) is 2. The van der Waals surface area contributed by atoms with Crippen molar-refractivity contribution < 1.29 is 9.59 Å². The Morgan fingerprint density at radius 1 is 1.59 bits per heavy atom. The van der Waals surface area contributed by atoms with Crippen LogP contribution in [-0.2, 0) is 9.59 Å². The number of carbonyl (C=O) groups excluding carboxylic acids is 2. The van der Waals surface area contributed by atoms with Gasteiger partial charge in [-0.3, -0.25) is 9.59 Å². The Morgan fingerprint density at radius 2 is 2.24 bits per heavy atom. The molecular weight excluding hydrogens is 218 g/mol. The second-order valence-electron chi connectivity index (χ2n) is 5.02. The van der Waals surface area contributed by atoms with Gasteiger partial charge < -0.3 is 15.5 Å². The van der Waals surface area contributed by atoms with Crippen LogP contribution in [0.5, 0.6) is 0 Å². The van der Waals surface area contributed by atoms with Crippen molar-refractivity contribution in [3.63, 3.8) is 0 Å². The lowest BCUT2D eigenvalue weighted by atomic mass is 9.98. The predicted octanol–water partition coefficient (Wildman–Crippen LogP) is 0.112. The van der Waals surface area contributed by atoms with Gasteiger partial charge in [-0.2, -0.15) is 0 Å². The minimum atomic E-state index is -0.735. The van der Waals surface area contributed by atoms with E-state index in [-0.39, 0.29) is 17.9 Å². The fourth-order valence-corrected chi connectivity index (χ4v) is 2.13. The summed E-state index contributed by atoms with van der Waals surface area (Å²) in [6, 6.07) is 0.147. The van der Waals surface area contributed by atoms with Gasteiger partial charge in [0, 0.05) is 25.6 Å². The highest BCUT2D eigenvalue weighted by atomic mass is 16.2. The molecule has 1 aliphatic rings.